The van der Waals surface area contributed by atoms with Gasteiger partial charge in [-0.05, 0) is 39.2 Å². The molecule has 1 heterocycles. The molecule has 0 spiro atoms. The molecule has 4 heteroatoms. The summed E-state index contributed by atoms with van der Waals surface area (Å²) in [6.45, 7) is 8.59. The molecule has 4 nitrogen and oxygen atoms in total. The van der Waals surface area contributed by atoms with Gasteiger partial charge < -0.3 is 10.4 Å². The van der Waals surface area contributed by atoms with E-state index in [0.29, 0.717) is 12.5 Å². The molecular weight excluding hydrogens is 204 g/mol. The summed E-state index contributed by atoms with van der Waals surface area (Å²) in [5.74, 6) is 0.442. The van der Waals surface area contributed by atoms with Crippen LogP contribution < -0.4 is 5.32 Å². The van der Waals surface area contributed by atoms with Gasteiger partial charge in [0.2, 0.25) is 5.91 Å². The Kier molecular flexibility index (Phi) is 4.74. The summed E-state index contributed by atoms with van der Waals surface area (Å²) in [6, 6.07) is 0. The fourth-order valence-electron chi connectivity index (χ4n) is 1.91. The maximum atomic E-state index is 11.8. The fourth-order valence-corrected chi connectivity index (χ4v) is 1.91. The van der Waals surface area contributed by atoms with Crippen molar-refractivity contribution < 1.29 is 9.90 Å². The summed E-state index contributed by atoms with van der Waals surface area (Å²) in [4.78, 5) is 13.9. The molecule has 0 saturated carbocycles. The molecule has 0 aromatic heterocycles. The number of hydrogen-bond donors (Lipinski definition) is 2. The van der Waals surface area contributed by atoms with E-state index in [2.05, 4.69) is 17.1 Å². The van der Waals surface area contributed by atoms with Crippen molar-refractivity contribution in [2.24, 2.45) is 5.92 Å². The highest BCUT2D eigenvalue weighted by Crippen LogP contribution is 2.15. The zero-order chi connectivity index (χ0) is 12.2. The number of nitrogens with zero attached hydrogens (tertiary/aromatic N) is 1. The predicted octanol–water partition coefficient (Wildman–Crippen LogP) is 0.605. The quantitative estimate of drug-likeness (QED) is 0.725. The van der Waals surface area contributed by atoms with Crippen LogP contribution in [0, 0.1) is 5.92 Å². The number of nitrogens with one attached hydrogen (secondary N) is 1. The van der Waals surface area contributed by atoms with E-state index >= 15 is 0 Å². The second-order valence-electron chi connectivity index (χ2n) is 5.36. The van der Waals surface area contributed by atoms with E-state index in [1.807, 2.05) is 13.8 Å². The van der Waals surface area contributed by atoms with Crippen LogP contribution in [0.3, 0.4) is 0 Å². The maximum Gasteiger partial charge on any atom is 0.234 e. The highest BCUT2D eigenvalue weighted by molar-refractivity contribution is 5.78. The van der Waals surface area contributed by atoms with Crippen LogP contribution in [0.25, 0.3) is 0 Å². The van der Waals surface area contributed by atoms with E-state index < -0.39 is 0 Å². The Morgan fingerprint density at radius 3 is 2.75 bits per heavy atom. The zero-order valence-electron chi connectivity index (χ0n) is 10.6. The van der Waals surface area contributed by atoms with E-state index in [4.69, 9.17) is 5.11 Å². The van der Waals surface area contributed by atoms with Gasteiger partial charge in [0.25, 0.3) is 0 Å². The average Bonchev–Trinajstić information content (AvgIpc) is 2.64. The van der Waals surface area contributed by atoms with E-state index in [-0.39, 0.29) is 18.1 Å². The zero-order valence-corrected chi connectivity index (χ0v) is 10.6. The molecule has 0 aromatic carbocycles. The number of likely N-dealkylation sites (tertiary alicyclic amines) is 1. The highest BCUT2D eigenvalue weighted by Gasteiger charge is 2.25. The molecule has 1 atom stereocenters. The predicted molar refractivity (Wildman–Crippen MR) is 64.1 cm³/mol. The summed E-state index contributed by atoms with van der Waals surface area (Å²) in [6.07, 6.45) is 1.93. The lowest BCUT2D eigenvalue weighted by Crippen LogP contribution is -2.47. The van der Waals surface area contributed by atoms with Crippen LogP contribution in [-0.4, -0.2) is 47.7 Å². The second-order valence-corrected chi connectivity index (χ2v) is 5.36. The Morgan fingerprint density at radius 1 is 1.56 bits per heavy atom. The average molecular weight is 228 g/mol. The minimum Gasteiger partial charge on any atom is -0.396 e. The number of hydrogen-bond acceptors (Lipinski definition) is 3. The lowest BCUT2D eigenvalue weighted by molar-refractivity contribution is -0.123. The smallest absolute Gasteiger partial charge is 0.234 e. The fraction of sp³-hybridized carbons (Fsp3) is 0.917. The largest absolute Gasteiger partial charge is 0.396 e. The Morgan fingerprint density at radius 2 is 2.25 bits per heavy atom. The summed E-state index contributed by atoms with van der Waals surface area (Å²) in [5, 5.41) is 12.0. The molecule has 2 N–H and O–H groups in total. The third-order valence-corrected chi connectivity index (χ3v) is 3.36. The van der Waals surface area contributed by atoms with E-state index in [9.17, 15) is 4.79 Å². The van der Waals surface area contributed by atoms with Crippen molar-refractivity contribution in [3.63, 3.8) is 0 Å². The Hall–Kier alpha value is -0.610. The minimum atomic E-state index is -0.118. The number of carbonyl (C=O) groups is 1. The van der Waals surface area contributed by atoms with Gasteiger partial charge in [0, 0.05) is 18.7 Å². The van der Waals surface area contributed by atoms with Gasteiger partial charge >= 0.3 is 0 Å². The van der Waals surface area contributed by atoms with Crippen LogP contribution in [-0.2, 0) is 4.79 Å². The molecule has 1 aliphatic rings. The third kappa shape index (κ3) is 4.10. The van der Waals surface area contributed by atoms with Gasteiger partial charge in [-0.1, -0.05) is 6.92 Å². The van der Waals surface area contributed by atoms with Crippen LogP contribution in [0.1, 0.15) is 33.6 Å². The third-order valence-electron chi connectivity index (χ3n) is 3.36. The number of aliphatic hydroxyl groups excluding tert-OH is 1. The highest BCUT2D eigenvalue weighted by atomic mass is 16.3. The standard InChI is InChI=1S/C12H24N2O2/c1-4-12(2,3)13-11(16)8-14-6-5-10(7-14)9-15/h10,15H,4-9H2,1-3H3,(H,13,16). The van der Waals surface area contributed by atoms with Crippen molar-refractivity contribution in [3.8, 4) is 0 Å². The molecule has 0 bridgehead atoms. The van der Waals surface area contributed by atoms with E-state index in [1.54, 1.807) is 0 Å². The molecule has 1 aliphatic heterocycles. The van der Waals surface area contributed by atoms with E-state index in [0.717, 1.165) is 25.9 Å². The number of aliphatic hydroxyl groups is 1. The molecule has 0 aliphatic carbocycles. The van der Waals surface area contributed by atoms with Gasteiger partial charge in [-0.15, -0.1) is 0 Å². The first-order chi connectivity index (χ1) is 7.46. The number of carbonyl (C=O) groups excluding carboxylic acids is 1. The molecule has 1 saturated heterocycles. The Bertz CT molecular complexity index is 241. The van der Waals surface area contributed by atoms with Crippen molar-refractivity contribution in [2.75, 3.05) is 26.2 Å². The van der Waals surface area contributed by atoms with Crippen LogP contribution in [0.2, 0.25) is 0 Å². The first-order valence-electron chi connectivity index (χ1n) is 6.11. The minimum absolute atomic E-state index is 0.0884. The monoisotopic (exact) mass is 228 g/mol. The normalized spacial score (nSPS) is 22.4. The van der Waals surface area contributed by atoms with Gasteiger partial charge in [-0.2, -0.15) is 0 Å². The first kappa shape index (κ1) is 13.5. The first-order valence-corrected chi connectivity index (χ1v) is 6.11. The van der Waals surface area contributed by atoms with Gasteiger partial charge in [0.15, 0.2) is 0 Å². The summed E-state index contributed by atoms with van der Waals surface area (Å²) in [5.41, 5.74) is -0.118. The molecule has 1 amide bonds. The lowest BCUT2D eigenvalue weighted by Gasteiger charge is -2.26. The van der Waals surface area contributed by atoms with Crippen molar-refractivity contribution in [3.05, 3.63) is 0 Å². The van der Waals surface area contributed by atoms with E-state index in [1.165, 1.54) is 0 Å². The molecule has 94 valence electrons. The summed E-state index contributed by atoms with van der Waals surface area (Å²) < 4.78 is 0. The van der Waals surface area contributed by atoms with Crippen LogP contribution in [0.5, 0.6) is 0 Å². The molecule has 0 aromatic rings. The van der Waals surface area contributed by atoms with Gasteiger partial charge in [-0.25, -0.2) is 0 Å². The van der Waals surface area contributed by atoms with Crippen LogP contribution >= 0.6 is 0 Å². The van der Waals surface area contributed by atoms with Gasteiger partial charge in [0.05, 0.1) is 6.54 Å². The summed E-state index contributed by atoms with van der Waals surface area (Å²) >= 11 is 0. The van der Waals surface area contributed by atoms with Crippen LogP contribution in [0.15, 0.2) is 0 Å². The molecule has 1 rings (SSSR count). The maximum absolute atomic E-state index is 11.8. The summed E-state index contributed by atoms with van der Waals surface area (Å²) in [7, 11) is 0. The lowest BCUT2D eigenvalue weighted by atomic mass is 10.0. The van der Waals surface area contributed by atoms with Gasteiger partial charge in [0.1, 0.15) is 0 Å². The molecule has 0 radical (unpaired) electrons. The Balaban J connectivity index is 2.30. The molecular formula is C12H24N2O2. The van der Waals surface area contributed by atoms with Crippen molar-refractivity contribution in [2.45, 2.75) is 39.2 Å². The van der Waals surface area contributed by atoms with Crippen molar-refractivity contribution >= 4 is 5.91 Å². The SMILES string of the molecule is CCC(C)(C)NC(=O)CN1CCC(CO)C1. The van der Waals surface area contributed by atoms with Crippen molar-refractivity contribution in [1.82, 2.24) is 10.2 Å². The number of amides is 1. The second kappa shape index (κ2) is 5.64. The molecule has 1 unspecified atom stereocenters. The molecule has 16 heavy (non-hydrogen) atoms. The number of rotatable bonds is 5. The Labute approximate surface area is 98.0 Å². The van der Waals surface area contributed by atoms with Gasteiger partial charge in [-0.3, -0.25) is 9.69 Å². The molecule has 1 fully saturated rings. The topological polar surface area (TPSA) is 52.6 Å². The van der Waals surface area contributed by atoms with Crippen molar-refractivity contribution in [1.29, 1.82) is 0 Å². The van der Waals surface area contributed by atoms with Crippen LogP contribution in [0.4, 0.5) is 0 Å².